The summed E-state index contributed by atoms with van der Waals surface area (Å²) in [7, 11) is 1.59. The van der Waals surface area contributed by atoms with E-state index in [9.17, 15) is 4.79 Å². The zero-order valence-corrected chi connectivity index (χ0v) is 12.4. The van der Waals surface area contributed by atoms with Gasteiger partial charge in [0.2, 0.25) is 5.88 Å². The van der Waals surface area contributed by atoms with Crippen LogP contribution in [-0.2, 0) is 4.74 Å². The maximum Gasteiger partial charge on any atom is 0.257 e. The number of hydrogen-bond acceptors (Lipinski definition) is 5. The molecule has 2 aliphatic rings. The zero-order chi connectivity index (χ0) is 15.1. The number of nitrogens with one attached hydrogen (secondary N) is 1. The predicted octanol–water partition coefficient (Wildman–Crippen LogP) is 0.156. The number of aromatic nitrogens is 2. The Balaban J connectivity index is 1.47. The third-order valence-corrected chi connectivity index (χ3v) is 4.23. The first-order valence-corrected chi connectivity index (χ1v) is 7.40. The van der Waals surface area contributed by atoms with Crippen LogP contribution >= 0.6 is 0 Å². The van der Waals surface area contributed by atoms with Crippen molar-refractivity contribution in [3.63, 3.8) is 0 Å². The lowest BCUT2D eigenvalue weighted by atomic mass is 10.1. The normalized spacial score (nSPS) is 19.0. The number of methoxy groups -OCH3 is 1. The van der Waals surface area contributed by atoms with Crippen LogP contribution in [0.1, 0.15) is 10.4 Å². The molecule has 2 aromatic heterocycles. The van der Waals surface area contributed by atoms with Gasteiger partial charge in [0, 0.05) is 25.2 Å². The van der Waals surface area contributed by atoms with E-state index in [0.717, 1.165) is 31.8 Å². The molecule has 0 spiro atoms. The Kier molecular flexibility index (Phi) is 3.24. The minimum Gasteiger partial charge on any atom is -0.481 e. The van der Waals surface area contributed by atoms with Crippen molar-refractivity contribution in [2.24, 2.45) is 0 Å². The molecule has 0 radical (unpaired) electrons. The van der Waals surface area contributed by atoms with E-state index < -0.39 is 0 Å². The average molecular weight is 302 g/mol. The van der Waals surface area contributed by atoms with Crippen molar-refractivity contribution in [3.05, 3.63) is 30.0 Å². The summed E-state index contributed by atoms with van der Waals surface area (Å²) in [5.74, 6) is 0.635. The second kappa shape index (κ2) is 5.26. The zero-order valence-electron chi connectivity index (χ0n) is 12.4. The van der Waals surface area contributed by atoms with Crippen LogP contribution in [0.5, 0.6) is 5.88 Å². The second-order valence-electron chi connectivity index (χ2n) is 5.73. The van der Waals surface area contributed by atoms with Crippen molar-refractivity contribution in [1.29, 1.82) is 0 Å². The maximum atomic E-state index is 12.6. The number of pyridine rings is 1. The van der Waals surface area contributed by atoms with Gasteiger partial charge in [0.1, 0.15) is 0 Å². The molecule has 0 bridgehead atoms. The summed E-state index contributed by atoms with van der Waals surface area (Å²) in [4.78, 5) is 14.4. The quantitative estimate of drug-likeness (QED) is 0.871. The number of hydrogen-bond donors (Lipinski definition) is 1. The summed E-state index contributed by atoms with van der Waals surface area (Å²) in [5.41, 5.74) is 1.39. The average Bonchev–Trinajstić information content (AvgIpc) is 2.87. The van der Waals surface area contributed by atoms with Gasteiger partial charge in [-0.25, -0.2) is 4.52 Å². The molecule has 4 rings (SSSR count). The van der Waals surface area contributed by atoms with Gasteiger partial charge in [-0.1, -0.05) is 6.07 Å². The van der Waals surface area contributed by atoms with E-state index in [4.69, 9.17) is 9.47 Å². The molecule has 7 heteroatoms. The third kappa shape index (κ3) is 2.13. The van der Waals surface area contributed by atoms with Gasteiger partial charge < -0.3 is 19.7 Å². The van der Waals surface area contributed by atoms with E-state index >= 15 is 0 Å². The highest BCUT2D eigenvalue weighted by atomic mass is 16.5. The molecule has 0 aliphatic carbocycles. The molecule has 4 heterocycles. The van der Waals surface area contributed by atoms with Crippen LogP contribution < -0.4 is 10.1 Å². The Labute approximate surface area is 127 Å². The number of amides is 1. The first-order chi connectivity index (χ1) is 10.8. The molecule has 2 fully saturated rings. The van der Waals surface area contributed by atoms with E-state index in [0.29, 0.717) is 23.5 Å². The maximum absolute atomic E-state index is 12.6. The van der Waals surface area contributed by atoms with Crippen LogP contribution in [-0.4, -0.2) is 65.9 Å². The Morgan fingerprint density at radius 2 is 2.18 bits per heavy atom. The molecule has 0 aromatic carbocycles. The van der Waals surface area contributed by atoms with Gasteiger partial charge >= 0.3 is 0 Å². The van der Waals surface area contributed by atoms with Crippen LogP contribution in [0.2, 0.25) is 0 Å². The topological polar surface area (TPSA) is 68.1 Å². The molecule has 0 unspecified atom stereocenters. The van der Waals surface area contributed by atoms with Gasteiger partial charge in [0.05, 0.1) is 43.6 Å². The molecular formula is C15H18N4O3. The van der Waals surface area contributed by atoms with Crippen molar-refractivity contribution >= 4 is 11.4 Å². The SMILES string of the molecule is COc1cccc2c(C(=O)N3CC(NC4COC4)C3)cnn12. The summed E-state index contributed by atoms with van der Waals surface area (Å²) >= 11 is 0. The molecule has 0 atom stereocenters. The van der Waals surface area contributed by atoms with Crippen molar-refractivity contribution in [2.45, 2.75) is 12.1 Å². The van der Waals surface area contributed by atoms with Crippen molar-refractivity contribution in [3.8, 4) is 5.88 Å². The van der Waals surface area contributed by atoms with Gasteiger partial charge in [-0.2, -0.15) is 5.10 Å². The Morgan fingerprint density at radius 1 is 1.36 bits per heavy atom. The highest BCUT2D eigenvalue weighted by molar-refractivity contribution is 6.01. The number of ether oxygens (including phenoxy) is 2. The first kappa shape index (κ1) is 13.5. The lowest BCUT2D eigenvalue weighted by Crippen LogP contribution is -2.64. The van der Waals surface area contributed by atoms with Crippen molar-refractivity contribution in [2.75, 3.05) is 33.4 Å². The number of carbonyl (C=O) groups excluding carboxylic acids is 1. The Hall–Kier alpha value is -2.12. The number of likely N-dealkylation sites (tertiary alicyclic amines) is 1. The molecule has 7 nitrogen and oxygen atoms in total. The molecule has 22 heavy (non-hydrogen) atoms. The molecule has 116 valence electrons. The lowest BCUT2D eigenvalue weighted by Gasteiger charge is -2.43. The molecule has 1 amide bonds. The molecule has 1 N–H and O–H groups in total. The third-order valence-electron chi connectivity index (χ3n) is 4.23. The highest BCUT2D eigenvalue weighted by Gasteiger charge is 2.34. The summed E-state index contributed by atoms with van der Waals surface area (Å²) in [6.45, 7) is 3.02. The number of fused-ring (bicyclic) bond motifs is 1. The fraction of sp³-hybridized carbons (Fsp3) is 0.467. The molecule has 0 saturated carbocycles. The minimum absolute atomic E-state index is 0.0196. The largest absolute Gasteiger partial charge is 0.481 e. The van der Waals surface area contributed by atoms with E-state index in [1.165, 1.54) is 0 Å². The van der Waals surface area contributed by atoms with Gasteiger partial charge in [-0.3, -0.25) is 4.79 Å². The van der Waals surface area contributed by atoms with Crippen LogP contribution in [0.4, 0.5) is 0 Å². The summed E-state index contributed by atoms with van der Waals surface area (Å²) in [5, 5.41) is 7.73. The fourth-order valence-electron chi connectivity index (χ4n) is 2.89. The number of nitrogens with zero attached hydrogens (tertiary/aromatic N) is 3. The van der Waals surface area contributed by atoms with E-state index in [-0.39, 0.29) is 5.91 Å². The molecule has 2 aliphatic heterocycles. The van der Waals surface area contributed by atoms with Crippen LogP contribution in [0, 0.1) is 0 Å². The van der Waals surface area contributed by atoms with Gasteiger partial charge in [-0.15, -0.1) is 0 Å². The minimum atomic E-state index is 0.0196. The predicted molar refractivity (Wildman–Crippen MR) is 79.2 cm³/mol. The summed E-state index contributed by atoms with van der Waals surface area (Å²) < 4.78 is 12.0. The van der Waals surface area contributed by atoms with Gasteiger partial charge in [0.15, 0.2) is 0 Å². The Morgan fingerprint density at radius 3 is 2.86 bits per heavy atom. The number of carbonyl (C=O) groups is 1. The van der Waals surface area contributed by atoms with Crippen LogP contribution in [0.3, 0.4) is 0 Å². The fourth-order valence-corrected chi connectivity index (χ4v) is 2.89. The van der Waals surface area contributed by atoms with Crippen molar-refractivity contribution < 1.29 is 14.3 Å². The smallest absolute Gasteiger partial charge is 0.257 e. The van der Waals surface area contributed by atoms with E-state index in [1.54, 1.807) is 17.8 Å². The van der Waals surface area contributed by atoms with E-state index in [2.05, 4.69) is 10.4 Å². The lowest BCUT2D eigenvalue weighted by molar-refractivity contribution is -0.0209. The van der Waals surface area contributed by atoms with Gasteiger partial charge in [-0.05, 0) is 6.07 Å². The first-order valence-electron chi connectivity index (χ1n) is 7.40. The second-order valence-corrected chi connectivity index (χ2v) is 5.73. The summed E-state index contributed by atoms with van der Waals surface area (Å²) in [6.07, 6.45) is 1.61. The Bertz CT molecular complexity index is 704. The summed E-state index contributed by atoms with van der Waals surface area (Å²) in [6, 6.07) is 6.38. The number of rotatable bonds is 4. The van der Waals surface area contributed by atoms with Crippen molar-refractivity contribution in [1.82, 2.24) is 19.8 Å². The molecule has 2 aromatic rings. The van der Waals surface area contributed by atoms with Gasteiger partial charge in [0.25, 0.3) is 5.91 Å². The highest BCUT2D eigenvalue weighted by Crippen LogP contribution is 2.21. The monoisotopic (exact) mass is 302 g/mol. The van der Waals surface area contributed by atoms with Crippen LogP contribution in [0.15, 0.2) is 24.4 Å². The standard InChI is InChI=1S/C15H18N4O3/c1-21-14-4-2-3-13-12(5-16-19(13)14)15(20)18-6-10(7-18)17-11-8-22-9-11/h2-5,10-11,17H,6-9H2,1H3. The van der Waals surface area contributed by atoms with Crippen LogP contribution in [0.25, 0.3) is 5.52 Å². The molecule has 2 saturated heterocycles. The van der Waals surface area contributed by atoms with E-state index in [1.807, 2.05) is 23.1 Å². The molecular weight excluding hydrogens is 284 g/mol.